The first-order chi connectivity index (χ1) is 8.09. The van der Waals surface area contributed by atoms with Crippen LogP contribution in [-0.4, -0.2) is 5.10 Å². The summed E-state index contributed by atoms with van der Waals surface area (Å²) >= 11 is 0. The first kappa shape index (κ1) is 12.0. The summed E-state index contributed by atoms with van der Waals surface area (Å²) in [6, 6.07) is 7.58. The summed E-state index contributed by atoms with van der Waals surface area (Å²) in [5.41, 5.74) is 2.55. The number of hydrogen-bond donors (Lipinski definition) is 0. The van der Waals surface area contributed by atoms with Gasteiger partial charge in [-0.1, -0.05) is 22.9 Å². The average molecular weight is 251 g/mol. The van der Waals surface area contributed by atoms with Crippen LogP contribution >= 0.6 is 8.25 Å². The fourth-order valence-electron chi connectivity index (χ4n) is 1.74. The largest absolute Gasteiger partial charge is 0.566 e. The first-order valence-electron chi connectivity index (χ1n) is 5.11. The van der Waals surface area contributed by atoms with E-state index in [0.717, 1.165) is 22.2 Å². The van der Waals surface area contributed by atoms with E-state index in [9.17, 15) is 9.46 Å². The van der Waals surface area contributed by atoms with Crippen LogP contribution in [0.2, 0.25) is 0 Å². The van der Waals surface area contributed by atoms with E-state index >= 15 is 0 Å². The van der Waals surface area contributed by atoms with Gasteiger partial charge in [0.25, 0.3) is 0 Å². The Balaban J connectivity index is 2.57. The zero-order valence-electron chi connectivity index (χ0n) is 9.58. The number of aromatic nitrogens is 2. The third-order valence-electron chi connectivity index (χ3n) is 2.72. The Bertz CT molecular complexity index is 586. The van der Waals surface area contributed by atoms with Gasteiger partial charge in [0.2, 0.25) is 5.69 Å². The Labute approximate surface area is 99.6 Å². The number of benzene rings is 1. The van der Waals surface area contributed by atoms with E-state index in [1.54, 1.807) is 4.68 Å². The summed E-state index contributed by atoms with van der Waals surface area (Å²) in [5, 5.41) is 5.29. The Hall–Kier alpha value is -1.42. The second-order valence-corrected chi connectivity index (χ2v) is 4.41. The van der Waals surface area contributed by atoms with Crippen molar-refractivity contribution in [3.63, 3.8) is 0 Å². The summed E-state index contributed by atoms with van der Waals surface area (Å²) in [4.78, 5) is 10.5. The standard InChI is InChI=1S/C11H12N2O3P/c1-8-10(7-16-17(14)15)9-5-3-4-6-11(9)12-13(8)2/h3-6H,7H2,1-2H3/q+1. The molecule has 0 N–H and O–H groups in total. The molecular weight excluding hydrogens is 239 g/mol. The van der Waals surface area contributed by atoms with Gasteiger partial charge in [-0.2, -0.15) is 0 Å². The Kier molecular flexibility index (Phi) is 3.43. The van der Waals surface area contributed by atoms with E-state index in [4.69, 9.17) is 0 Å². The van der Waals surface area contributed by atoms with Crippen LogP contribution in [0.4, 0.5) is 0 Å². The fourth-order valence-corrected chi connectivity index (χ4v) is 1.98. The molecule has 1 unspecified atom stereocenters. The normalized spacial score (nSPS) is 11.8. The van der Waals surface area contributed by atoms with Gasteiger partial charge in [-0.15, -0.1) is 4.52 Å². The van der Waals surface area contributed by atoms with E-state index < -0.39 is 8.25 Å². The van der Waals surface area contributed by atoms with Crippen molar-refractivity contribution >= 4 is 19.2 Å². The summed E-state index contributed by atoms with van der Waals surface area (Å²) in [7, 11) is -1.01. The van der Waals surface area contributed by atoms with Gasteiger partial charge in [-0.3, -0.25) is 0 Å². The third kappa shape index (κ3) is 2.47. The molecule has 0 fully saturated rings. The molecule has 88 valence electrons. The van der Waals surface area contributed by atoms with Crippen molar-refractivity contribution in [2.24, 2.45) is 7.05 Å². The van der Waals surface area contributed by atoms with E-state index in [2.05, 4.69) is 9.62 Å². The molecule has 1 aromatic carbocycles. The van der Waals surface area contributed by atoms with Crippen LogP contribution in [0, 0.1) is 6.92 Å². The maximum Gasteiger partial charge on any atom is 0.488 e. The van der Waals surface area contributed by atoms with Crippen LogP contribution in [0.15, 0.2) is 24.3 Å². The molecule has 1 heterocycles. The van der Waals surface area contributed by atoms with Crippen LogP contribution in [0.1, 0.15) is 11.3 Å². The van der Waals surface area contributed by atoms with Crippen LogP contribution in [0.25, 0.3) is 10.9 Å². The van der Waals surface area contributed by atoms with Crippen LogP contribution in [0.5, 0.6) is 0 Å². The number of aryl methyl sites for hydroxylation is 1. The van der Waals surface area contributed by atoms with Gasteiger partial charge in [-0.25, -0.2) is 0 Å². The van der Waals surface area contributed by atoms with E-state index in [1.165, 1.54) is 0 Å². The monoisotopic (exact) mass is 251 g/mol. The number of rotatable bonds is 3. The Morgan fingerprint density at radius 3 is 2.88 bits per heavy atom. The van der Waals surface area contributed by atoms with Crippen molar-refractivity contribution < 1.29 is 18.7 Å². The van der Waals surface area contributed by atoms with Gasteiger partial charge in [0.05, 0.1) is 5.56 Å². The second-order valence-electron chi connectivity index (χ2n) is 3.70. The highest BCUT2D eigenvalue weighted by Gasteiger charge is 2.17. The van der Waals surface area contributed by atoms with Crippen LogP contribution < -0.4 is 9.58 Å². The Morgan fingerprint density at radius 1 is 1.47 bits per heavy atom. The SMILES string of the molecule is Cc1c(CO[P+](=O)[O-])c2ccccc2n[n+]1C. The van der Waals surface area contributed by atoms with Gasteiger partial charge in [0.1, 0.15) is 12.1 Å². The van der Waals surface area contributed by atoms with E-state index in [1.807, 2.05) is 38.2 Å². The highest BCUT2D eigenvalue weighted by Crippen LogP contribution is 2.21. The molecule has 2 rings (SSSR count). The van der Waals surface area contributed by atoms with Crippen LogP contribution in [0.3, 0.4) is 0 Å². The minimum atomic E-state index is -2.83. The van der Waals surface area contributed by atoms with Gasteiger partial charge < -0.3 is 4.89 Å². The van der Waals surface area contributed by atoms with Crippen molar-refractivity contribution in [3.8, 4) is 0 Å². The molecule has 0 bridgehead atoms. The topological polar surface area (TPSA) is 66.1 Å². The van der Waals surface area contributed by atoms with Crippen LogP contribution in [-0.2, 0) is 22.7 Å². The molecule has 6 heteroatoms. The lowest BCUT2D eigenvalue weighted by Gasteiger charge is -2.04. The van der Waals surface area contributed by atoms with E-state index in [-0.39, 0.29) is 6.61 Å². The van der Waals surface area contributed by atoms with E-state index in [0.29, 0.717) is 0 Å². The molecule has 0 saturated carbocycles. The highest BCUT2D eigenvalue weighted by molar-refractivity contribution is 7.30. The van der Waals surface area contributed by atoms with Crippen molar-refractivity contribution in [2.75, 3.05) is 0 Å². The summed E-state index contributed by atoms with van der Waals surface area (Å²) < 4.78 is 16.9. The quantitative estimate of drug-likeness (QED) is 0.600. The van der Waals surface area contributed by atoms with Gasteiger partial charge in [-0.05, 0) is 10.6 Å². The zero-order chi connectivity index (χ0) is 12.4. The fraction of sp³-hybridized carbons (Fsp3) is 0.273. The van der Waals surface area contributed by atoms with Gasteiger partial charge in [0, 0.05) is 17.4 Å². The van der Waals surface area contributed by atoms with Crippen molar-refractivity contribution in [1.82, 2.24) is 5.10 Å². The lowest BCUT2D eigenvalue weighted by Crippen LogP contribution is -2.37. The molecular formula is C11H12N2O3P+. The molecule has 17 heavy (non-hydrogen) atoms. The maximum atomic E-state index is 10.5. The van der Waals surface area contributed by atoms with Gasteiger partial charge in [0.15, 0.2) is 7.05 Å². The molecule has 0 aliphatic carbocycles. The van der Waals surface area contributed by atoms with Crippen molar-refractivity contribution in [3.05, 3.63) is 35.5 Å². The summed E-state index contributed by atoms with van der Waals surface area (Å²) in [5.74, 6) is 0. The molecule has 0 aliphatic rings. The first-order valence-corrected chi connectivity index (χ1v) is 6.21. The Morgan fingerprint density at radius 2 is 2.18 bits per heavy atom. The predicted molar refractivity (Wildman–Crippen MR) is 60.1 cm³/mol. The molecule has 5 nitrogen and oxygen atoms in total. The summed E-state index contributed by atoms with van der Waals surface area (Å²) in [6.07, 6.45) is 0. The predicted octanol–water partition coefficient (Wildman–Crippen LogP) is 0.902. The minimum Gasteiger partial charge on any atom is -0.566 e. The van der Waals surface area contributed by atoms with Crippen molar-refractivity contribution in [1.29, 1.82) is 0 Å². The average Bonchev–Trinajstić information content (AvgIpc) is 2.29. The number of hydrogen-bond acceptors (Lipinski definition) is 4. The molecule has 0 radical (unpaired) electrons. The number of fused-ring (bicyclic) bond motifs is 1. The molecule has 0 amide bonds. The smallest absolute Gasteiger partial charge is 0.488 e. The van der Waals surface area contributed by atoms with Crippen molar-refractivity contribution in [2.45, 2.75) is 13.5 Å². The van der Waals surface area contributed by atoms with Gasteiger partial charge >= 0.3 is 8.25 Å². The maximum absolute atomic E-state index is 10.5. The highest BCUT2D eigenvalue weighted by atomic mass is 31.1. The lowest BCUT2D eigenvalue weighted by molar-refractivity contribution is -0.734. The zero-order valence-corrected chi connectivity index (χ0v) is 10.5. The molecule has 1 atom stereocenters. The molecule has 0 saturated heterocycles. The molecule has 0 spiro atoms. The number of nitrogens with zero attached hydrogens (tertiary/aromatic N) is 2. The summed E-state index contributed by atoms with van der Waals surface area (Å²) in [6.45, 7) is 1.93. The lowest BCUT2D eigenvalue weighted by atomic mass is 10.1. The third-order valence-corrected chi connectivity index (χ3v) is 3.06. The molecule has 1 aromatic heterocycles. The second kappa shape index (κ2) is 4.84. The molecule has 2 aromatic rings. The molecule has 0 aliphatic heterocycles. The minimum absolute atomic E-state index is 0.0431.